The van der Waals surface area contributed by atoms with Gasteiger partial charge in [0.15, 0.2) is 0 Å². The topological polar surface area (TPSA) is 48.1 Å². The Morgan fingerprint density at radius 2 is 1.95 bits per heavy atom. The minimum Gasteiger partial charge on any atom is -0.438 e. The lowest BCUT2D eigenvalue weighted by atomic mass is 10.1. The molecule has 0 aliphatic heterocycles. The highest BCUT2D eigenvalue weighted by Crippen LogP contribution is 2.29. The average molecular weight is 282 g/mol. The molecule has 1 heterocycles. The molecule has 2 N–H and O–H groups in total. The first-order valence-corrected chi connectivity index (χ1v) is 6.70. The van der Waals surface area contributed by atoms with Gasteiger partial charge in [0.1, 0.15) is 11.6 Å². The molecule has 4 heteroatoms. The molecule has 0 amide bonds. The summed E-state index contributed by atoms with van der Waals surface area (Å²) in [4.78, 5) is 4.40. The van der Waals surface area contributed by atoms with Crippen LogP contribution in [0.15, 0.2) is 48.5 Å². The summed E-state index contributed by atoms with van der Waals surface area (Å²) in [6.07, 6.45) is 0. The van der Waals surface area contributed by atoms with Crippen molar-refractivity contribution in [2.24, 2.45) is 5.73 Å². The van der Waals surface area contributed by atoms with Crippen molar-refractivity contribution in [1.82, 2.24) is 4.98 Å². The fraction of sp³-hybridized carbons (Fsp3) is 0.118. The van der Waals surface area contributed by atoms with Gasteiger partial charge in [-0.05, 0) is 36.1 Å². The Bertz CT molecular complexity index is 802. The minimum absolute atomic E-state index is 0.299. The van der Waals surface area contributed by atoms with Crippen LogP contribution in [0.2, 0.25) is 0 Å². The summed E-state index contributed by atoms with van der Waals surface area (Å²) in [6, 6.07) is 14.4. The largest absolute Gasteiger partial charge is 0.438 e. The molecule has 0 saturated carbocycles. The van der Waals surface area contributed by atoms with Crippen LogP contribution in [0.4, 0.5) is 4.39 Å². The van der Waals surface area contributed by atoms with Gasteiger partial charge in [0, 0.05) is 18.0 Å². The molecule has 0 atom stereocenters. The Kier molecular flexibility index (Phi) is 3.54. The average Bonchev–Trinajstić information content (AvgIpc) is 2.51. The van der Waals surface area contributed by atoms with Crippen LogP contribution in [0.3, 0.4) is 0 Å². The Morgan fingerprint density at radius 3 is 2.71 bits per heavy atom. The standard InChI is InChI=1S/C17H15FN2O/c1-11-6-7-14(9-16(11)18)21-17-15-5-3-2-4-12(15)8-13(10-19)20-17/h2-9H,10,19H2,1H3. The summed E-state index contributed by atoms with van der Waals surface area (Å²) >= 11 is 0. The molecule has 3 nitrogen and oxygen atoms in total. The summed E-state index contributed by atoms with van der Waals surface area (Å²) in [5, 5.41) is 1.87. The molecule has 21 heavy (non-hydrogen) atoms. The summed E-state index contributed by atoms with van der Waals surface area (Å²) in [5.74, 6) is 0.563. The van der Waals surface area contributed by atoms with Gasteiger partial charge in [-0.3, -0.25) is 0 Å². The summed E-state index contributed by atoms with van der Waals surface area (Å²) in [7, 11) is 0. The third-order valence-corrected chi connectivity index (χ3v) is 3.33. The van der Waals surface area contributed by atoms with Crippen LogP contribution in [-0.2, 0) is 6.54 Å². The summed E-state index contributed by atoms with van der Waals surface area (Å²) in [6.45, 7) is 2.03. The van der Waals surface area contributed by atoms with E-state index < -0.39 is 0 Å². The minimum atomic E-state index is -0.299. The Labute approximate surface area is 122 Å². The molecule has 0 aliphatic rings. The normalized spacial score (nSPS) is 10.8. The molecule has 3 aromatic rings. The monoisotopic (exact) mass is 282 g/mol. The third-order valence-electron chi connectivity index (χ3n) is 3.33. The molecule has 3 rings (SSSR count). The van der Waals surface area contributed by atoms with E-state index in [4.69, 9.17) is 10.5 Å². The van der Waals surface area contributed by atoms with Crippen molar-refractivity contribution in [3.8, 4) is 11.6 Å². The van der Waals surface area contributed by atoms with Crippen LogP contribution in [0.1, 0.15) is 11.3 Å². The van der Waals surface area contributed by atoms with Crippen LogP contribution in [0, 0.1) is 12.7 Å². The van der Waals surface area contributed by atoms with Crippen LogP contribution in [0.25, 0.3) is 10.8 Å². The third kappa shape index (κ3) is 2.71. The molecule has 0 saturated heterocycles. The lowest BCUT2D eigenvalue weighted by molar-refractivity contribution is 0.461. The first-order valence-electron chi connectivity index (χ1n) is 6.70. The SMILES string of the molecule is Cc1ccc(Oc2nc(CN)cc3ccccc23)cc1F. The Morgan fingerprint density at radius 1 is 1.14 bits per heavy atom. The Hall–Kier alpha value is -2.46. The second-order valence-electron chi connectivity index (χ2n) is 4.86. The van der Waals surface area contributed by atoms with E-state index in [9.17, 15) is 4.39 Å². The Balaban J connectivity index is 2.08. The molecule has 0 radical (unpaired) electrons. The maximum Gasteiger partial charge on any atom is 0.227 e. The number of halogens is 1. The fourth-order valence-electron chi connectivity index (χ4n) is 2.15. The second-order valence-corrected chi connectivity index (χ2v) is 4.86. The first kappa shape index (κ1) is 13.5. The molecular weight excluding hydrogens is 267 g/mol. The molecule has 0 fully saturated rings. The van der Waals surface area contributed by atoms with Gasteiger partial charge in [-0.1, -0.05) is 24.3 Å². The van der Waals surface area contributed by atoms with Gasteiger partial charge in [0.05, 0.1) is 5.69 Å². The van der Waals surface area contributed by atoms with Gasteiger partial charge in [0.2, 0.25) is 5.88 Å². The quantitative estimate of drug-likeness (QED) is 0.791. The van der Waals surface area contributed by atoms with Gasteiger partial charge in [-0.15, -0.1) is 0 Å². The van der Waals surface area contributed by atoms with E-state index in [0.29, 0.717) is 23.7 Å². The molecule has 1 aromatic heterocycles. The summed E-state index contributed by atoms with van der Waals surface area (Å²) < 4.78 is 19.4. The van der Waals surface area contributed by atoms with Gasteiger partial charge >= 0.3 is 0 Å². The number of fused-ring (bicyclic) bond motifs is 1. The molecule has 106 valence electrons. The number of aromatic nitrogens is 1. The number of hydrogen-bond donors (Lipinski definition) is 1. The highest BCUT2D eigenvalue weighted by molar-refractivity contribution is 5.87. The number of pyridine rings is 1. The highest BCUT2D eigenvalue weighted by Gasteiger charge is 2.09. The first-order chi connectivity index (χ1) is 10.2. The predicted octanol–water partition coefficient (Wildman–Crippen LogP) is 3.93. The van der Waals surface area contributed by atoms with Crippen LogP contribution in [-0.4, -0.2) is 4.98 Å². The second kappa shape index (κ2) is 5.50. The van der Waals surface area contributed by atoms with Gasteiger partial charge in [-0.2, -0.15) is 0 Å². The van der Waals surface area contributed by atoms with Gasteiger partial charge in [-0.25, -0.2) is 9.37 Å². The number of benzene rings is 2. The lowest BCUT2D eigenvalue weighted by Gasteiger charge is -2.10. The van der Waals surface area contributed by atoms with E-state index in [1.165, 1.54) is 6.07 Å². The summed E-state index contributed by atoms with van der Waals surface area (Å²) in [5.41, 5.74) is 6.98. The van der Waals surface area contributed by atoms with Crippen molar-refractivity contribution >= 4 is 10.8 Å². The lowest BCUT2D eigenvalue weighted by Crippen LogP contribution is -2.01. The number of nitrogens with two attached hydrogens (primary N) is 1. The van der Waals surface area contributed by atoms with E-state index in [1.54, 1.807) is 19.1 Å². The van der Waals surface area contributed by atoms with E-state index in [0.717, 1.165) is 16.5 Å². The zero-order valence-corrected chi connectivity index (χ0v) is 11.6. The number of nitrogens with zero attached hydrogens (tertiary/aromatic N) is 1. The van der Waals surface area contributed by atoms with E-state index in [1.807, 2.05) is 30.3 Å². The van der Waals surface area contributed by atoms with Gasteiger partial charge in [0.25, 0.3) is 0 Å². The van der Waals surface area contributed by atoms with E-state index in [-0.39, 0.29) is 5.82 Å². The predicted molar refractivity (Wildman–Crippen MR) is 80.8 cm³/mol. The maximum absolute atomic E-state index is 13.6. The van der Waals surface area contributed by atoms with Crippen molar-refractivity contribution < 1.29 is 9.13 Å². The van der Waals surface area contributed by atoms with Crippen molar-refractivity contribution in [1.29, 1.82) is 0 Å². The fourth-order valence-corrected chi connectivity index (χ4v) is 2.15. The molecule has 0 spiro atoms. The van der Waals surface area contributed by atoms with E-state index in [2.05, 4.69) is 4.98 Å². The zero-order valence-electron chi connectivity index (χ0n) is 11.6. The molecule has 0 bridgehead atoms. The highest BCUT2D eigenvalue weighted by atomic mass is 19.1. The molecule has 2 aromatic carbocycles. The van der Waals surface area contributed by atoms with Crippen molar-refractivity contribution in [2.45, 2.75) is 13.5 Å². The zero-order chi connectivity index (χ0) is 14.8. The van der Waals surface area contributed by atoms with Crippen LogP contribution in [0.5, 0.6) is 11.6 Å². The molecule has 0 aliphatic carbocycles. The maximum atomic E-state index is 13.6. The smallest absolute Gasteiger partial charge is 0.227 e. The molecule has 0 unspecified atom stereocenters. The number of hydrogen-bond acceptors (Lipinski definition) is 3. The van der Waals surface area contributed by atoms with Crippen molar-refractivity contribution in [3.05, 3.63) is 65.6 Å². The van der Waals surface area contributed by atoms with Crippen LogP contribution >= 0.6 is 0 Å². The van der Waals surface area contributed by atoms with Crippen molar-refractivity contribution in [3.63, 3.8) is 0 Å². The number of ether oxygens (including phenoxy) is 1. The van der Waals surface area contributed by atoms with Crippen molar-refractivity contribution in [2.75, 3.05) is 0 Å². The van der Waals surface area contributed by atoms with Gasteiger partial charge < -0.3 is 10.5 Å². The number of aryl methyl sites for hydroxylation is 1. The number of rotatable bonds is 3. The van der Waals surface area contributed by atoms with Crippen LogP contribution < -0.4 is 10.5 Å². The molecular formula is C17H15FN2O. The van der Waals surface area contributed by atoms with E-state index >= 15 is 0 Å².